The van der Waals surface area contributed by atoms with Gasteiger partial charge in [0.15, 0.2) is 0 Å². The van der Waals surface area contributed by atoms with Crippen LogP contribution < -0.4 is 32.8 Å². The van der Waals surface area contributed by atoms with E-state index in [2.05, 4.69) is 30.7 Å². The highest BCUT2D eigenvalue weighted by molar-refractivity contribution is 6.11. The van der Waals surface area contributed by atoms with Crippen molar-refractivity contribution in [1.82, 2.24) is 10.6 Å². The molecule has 400 valence electrons. The summed E-state index contributed by atoms with van der Waals surface area (Å²) in [5.41, 5.74) is 33.6. The molecule has 2 aliphatic heterocycles. The van der Waals surface area contributed by atoms with E-state index in [-0.39, 0.29) is 72.4 Å². The number of nitrogens with zero attached hydrogens (tertiary/aromatic N) is 6. The Balaban J connectivity index is 0.000000226. The number of nitrogens with two attached hydrogens (primary N) is 2. The lowest BCUT2D eigenvalue weighted by molar-refractivity contribution is 0.0511. The zero-order valence-electron chi connectivity index (χ0n) is 41.7. The SMILES string of the molecule is [N-]=[N+]=NCCOCCOCCNC(=O)c1ccc(-c2c3ccc(=N)cc-3oc3cc(N)ccc23)c(C(=O)O)c1.[N-]=[N+]=NCCOCCOCCNC(=O)c1ccc(C(=O)O)c(-c2c3ccc(=N)cc-3oc3cc(N)ccc23)c1. The second-order valence-electron chi connectivity index (χ2n) is 16.9. The molecule has 0 atom stereocenters. The molecule has 78 heavy (non-hydrogen) atoms. The lowest BCUT2D eigenvalue weighted by Crippen LogP contribution is -2.28. The van der Waals surface area contributed by atoms with Crippen molar-refractivity contribution in [3.8, 4) is 44.9 Å². The number of ether oxygens (including phenoxy) is 4. The van der Waals surface area contributed by atoms with Gasteiger partial charge in [-0.25, -0.2) is 9.59 Å². The van der Waals surface area contributed by atoms with E-state index in [1.807, 2.05) is 0 Å². The Kier molecular flexibility index (Phi) is 19.5. The molecule has 0 fully saturated rings. The Bertz CT molecular complexity index is 3660. The molecule has 0 aromatic heterocycles. The Morgan fingerprint density at radius 3 is 1.42 bits per heavy atom. The third-order valence-corrected chi connectivity index (χ3v) is 11.7. The number of carbonyl (C=O) groups is 4. The van der Waals surface area contributed by atoms with Crippen LogP contribution in [0.2, 0.25) is 0 Å². The molecule has 2 aliphatic carbocycles. The number of hydrogen-bond donors (Lipinski definition) is 8. The van der Waals surface area contributed by atoms with Gasteiger partial charge in [-0.2, -0.15) is 0 Å². The van der Waals surface area contributed by atoms with Crippen molar-refractivity contribution in [3.05, 3.63) is 163 Å². The zero-order chi connectivity index (χ0) is 55.6. The average molecular weight is 1060 g/mol. The fourth-order valence-corrected chi connectivity index (χ4v) is 8.17. The molecule has 24 nitrogen and oxygen atoms in total. The van der Waals surface area contributed by atoms with Gasteiger partial charge in [-0.15, -0.1) is 0 Å². The molecule has 0 saturated heterocycles. The summed E-state index contributed by atoms with van der Waals surface area (Å²) in [5, 5.41) is 49.9. The van der Waals surface area contributed by atoms with Crippen LogP contribution in [-0.2, 0) is 18.9 Å². The molecule has 4 aromatic rings. The molecular weight excluding hydrogens is 1010 g/mol. The van der Waals surface area contributed by atoms with Crippen LogP contribution in [0, 0.1) is 10.8 Å². The van der Waals surface area contributed by atoms with E-state index in [1.54, 1.807) is 84.9 Å². The minimum absolute atomic E-state index is 0.0101. The highest BCUT2D eigenvalue weighted by atomic mass is 16.5. The van der Waals surface area contributed by atoms with Crippen LogP contribution in [0.15, 0.2) is 128 Å². The van der Waals surface area contributed by atoms with Gasteiger partial charge in [-0.3, -0.25) is 9.59 Å². The Hall–Kier alpha value is -9.80. The number of hydrogen-bond acceptors (Lipinski definition) is 16. The lowest BCUT2D eigenvalue weighted by atomic mass is 9.89. The number of aromatic carboxylic acids is 2. The summed E-state index contributed by atoms with van der Waals surface area (Å²) >= 11 is 0. The molecule has 8 rings (SSSR count). The maximum absolute atomic E-state index is 12.9. The van der Waals surface area contributed by atoms with Gasteiger partial charge in [-0.05, 0) is 101 Å². The molecular formula is C54H52N12O12. The summed E-state index contributed by atoms with van der Waals surface area (Å²) < 4.78 is 33.3. The van der Waals surface area contributed by atoms with E-state index >= 15 is 0 Å². The van der Waals surface area contributed by atoms with Gasteiger partial charge >= 0.3 is 11.9 Å². The molecule has 10 N–H and O–H groups in total. The molecule has 4 aliphatic rings. The summed E-state index contributed by atoms with van der Waals surface area (Å²) in [6, 6.07) is 28.8. The number of nitrogens with one attached hydrogen (secondary N) is 4. The van der Waals surface area contributed by atoms with E-state index in [0.29, 0.717) is 118 Å². The second kappa shape index (κ2) is 27.1. The average Bonchev–Trinajstić information content (AvgIpc) is 3.43. The lowest BCUT2D eigenvalue weighted by Gasteiger charge is -2.18. The number of azide groups is 2. The van der Waals surface area contributed by atoms with Crippen molar-refractivity contribution in [2.45, 2.75) is 0 Å². The molecule has 24 heteroatoms. The predicted octanol–water partition coefficient (Wildman–Crippen LogP) is 8.08. The van der Waals surface area contributed by atoms with E-state index in [1.165, 1.54) is 24.3 Å². The van der Waals surface area contributed by atoms with Crippen LogP contribution in [0.1, 0.15) is 41.4 Å². The van der Waals surface area contributed by atoms with E-state index < -0.39 is 23.8 Å². The van der Waals surface area contributed by atoms with Crippen molar-refractivity contribution >= 4 is 57.1 Å². The summed E-state index contributed by atoms with van der Waals surface area (Å²) in [5.74, 6) is -2.38. The van der Waals surface area contributed by atoms with Crippen LogP contribution in [0.3, 0.4) is 0 Å². The van der Waals surface area contributed by atoms with Crippen LogP contribution in [0.5, 0.6) is 0 Å². The van der Waals surface area contributed by atoms with Crippen LogP contribution in [0.4, 0.5) is 11.4 Å². The third-order valence-electron chi connectivity index (χ3n) is 11.7. The fraction of sp³-hybridized carbons (Fsp3) is 0.222. The zero-order valence-corrected chi connectivity index (χ0v) is 41.7. The minimum atomic E-state index is -1.20. The normalized spacial score (nSPS) is 10.9. The summed E-state index contributed by atoms with van der Waals surface area (Å²) in [6.07, 6.45) is 0. The number of carboxylic acids is 2. The summed E-state index contributed by atoms with van der Waals surface area (Å²) in [6.45, 7) is 3.30. The fourth-order valence-electron chi connectivity index (χ4n) is 8.17. The van der Waals surface area contributed by atoms with Gasteiger partial charge in [0.25, 0.3) is 11.8 Å². The highest BCUT2D eigenvalue weighted by Crippen LogP contribution is 2.43. The quantitative estimate of drug-likeness (QED) is 0.00708. The van der Waals surface area contributed by atoms with Crippen molar-refractivity contribution in [1.29, 1.82) is 10.8 Å². The first-order valence-corrected chi connectivity index (χ1v) is 24.0. The summed E-state index contributed by atoms with van der Waals surface area (Å²) in [4.78, 5) is 55.5. The first-order chi connectivity index (χ1) is 37.8. The Labute approximate surface area is 443 Å². The van der Waals surface area contributed by atoms with Crippen molar-refractivity contribution in [2.75, 3.05) is 90.5 Å². The highest BCUT2D eigenvalue weighted by Gasteiger charge is 2.25. The Morgan fingerprint density at radius 2 is 0.949 bits per heavy atom. The topological polar surface area (TPSA) is 393 Å². The molecule has 2 amide bonds. The molecule has 2 heterocycles. The van der Waals surface area contributed by atoms with Gasteiger partial charge in [0.05, 0.1) is 74.7 Å². The van der Waals surface area contributed by atoms with Gasteiger partial charge < -0.3 is 70.9 Å². The molecule has 0 bridgehead atoms. The second-order valence-corrected chi connectivity index (χ2v) is 16.9. The van der Waals surface area contributed by atoms with Crippen LogP contribution in [-0.4, -0.2) is 113 Å². The standard InChI is InChI=1S/2C27H26N6O6/c28-17-2-5-20-23(14-17)39-24-15-18(29)3-6-21(24)25(20)22-13-16(1-4-19(22)27(35)36)26(34)31-7-9-37-11-12-38-10-8-32-33-30;28-17-2-5-20-23(14-17)39-24-15-18(29)3-6-21(24)25(20)19-4-1-16(13-22(19)27(35)36)26(34)31-7-9-37-11-12-38-10-8-32-33-30/h2*1-6,13-15,28H,7-12,29H2,(H,31,34)(H,35,36). The van der Waals surface area contributed by atoms with Crippen molar-refractivity contribution < 1.29 is 57.2 Å². The smallest absolute Gasteiger partial charge is 0.336 e. The van der Waals surface area contributed by atoms with E-state index in [0.717, 1.165) is 0 Å². The van der Waals surface area contributed by atoms with Crippen molar-refractivity contribution in [2.24, 2.45) is 10.2 Å². The first kappa shape index (κ1) is 55.9. The van der Waals surface area contributed by atoms with E-state index in [4.69, 9.17) is 61.1 Å². The third kappa shape index (κ3) is 14.3. The number of amides is 2. The predicted molar refractivity (Wildman–Crippen MR) is 287 cm³/mol. The number of fused-ring (bicyclic) bond motifs is 4. The first-order valence-electron chi connectivity index (χ1n) is 24.0. The number of carboxylic acid groups (broad SMARTS) is 2. The van der Waals surface area contributed by atoms with Crippen LogP contribution >= 0.6 is 0 Å². The van der Waals surface area contributed by atoms with Gasteiger partial charge in [-0.1, -0.05) is 16.3 Å². The number of nitrogen functional groups attached to an aromatic ring is 2. The largest absolute Gasteiger partial charge is 0.478 e. The molecule has 0 unspecified atom stereocenters. The Morgan fingerprint density at radius 1 is 0.513 bits per heavy atom. The van der Waals surface area contributed by atoms with Gasteiger partial charge in [0, 0.05) is 116 Å². The van der Waals surface area contributed by atoms with Gasteiger partial charge in [0.2, 0.25) is 0 Å². The maximum atomic E-state index is 12.9. The molecule has 0 radical (unpaired) electrons. The minimum Gasteiger partial charge on any atom is -0.478 e. The van der Waals surface area contributed by atoms with Gasteiger partial charge in [0.1, 0.15) is 22.7 Å². The number of anilines is 2. The van der Waals surface area contributed by atoms with Crippen molar-refractivity contribution in [3.63, 3.8) is 0 Å². The van der Waals surface area contributed by atoms with Crippen LogP contribution in [0.25, 0.3) is 87.7 Å². The maximum Gasteiger partial charge on any atom is 0.336 e. The number of rotatable bonds is 24. The van der Waals surface area contributed by atoms with E-state index in [9.17, 15) is 29.4 Å². The number of carbonyl (C=O) groups excluding carboxylic acids is 2. The molecule has 0 spiro atoms. The summed E-state index contributed by atoms with van der Waals surface area (Å²) in [7, 11) is 0. The number of benzene rings is 6. The molecule has 0 saturated carbocycles. The molecule has 4 aromatic carbocycles. The monoisotopic (exact) mass is 1060 g/mol.